The van der Waals surface area contributed by atoms with Gasteiger partial charge in [-0.15, -0.1) is 0 Å². The molecule has 0 saturated heterocycles. The minimum Gasteiger partial charge on any atom is -0.481 e. The van der Waals surface area contributed by atoms with Crippen LogP contribution in [0.5, 0.6) is 11.5 Å². The highest BCUT2D eigenvalue weighted by Crippen LogP contribution is 2.26. The molecule has 1 amide bonds. The van der Waals surface area contributed by atoms with Crippen molar-refractivity contribution in [2.75, 3.05) is 20.7 Å². The fourth-order valence-corrected chi connectivity index (χ4v) is 1.03. The van der Waals surface area contributed by atoms with Gasteiger partial charge in [-0.25, -0.2) is 4.79 Å². The van der Waals surface area contributed by atoms with Gasteiger partial charge in [0.05, 0.1) is 0 Å². The van der Waals surface area contributed by atoms with Crippen LogP contribution in [0.2, 0.25) is 0 Å². The Bertz CT molecular complexity index is 420. The first-order valence-corrected chi connectivity index (χ1v) is 5.18. The van der Waals surface area contributed by atoms with Crippen molar-refractivity contribution in [3.05, 3.63) is 24.3 Å². The summed E-state index contributed by atoms with van der Waals surface area (Å²) in [5.74, 6) is 0.529. The van der Waals surface area contributed by atoms with E-state index in [2.05, 4.69) is 0 Å². The first kappa shape index (κ1) is 13.3. The lowest BCUT2D eigenvalue weighted by Gasteiger charge is -2.13. The van der Waals surface area contributed by atoms with E-state index >= 15 is 0 Å². The Kier molecular flexibility index (Phi) is 4.78. The molecule has 0 heterocycles. The summed E-state index contributed by atoms with van der Waals surface area (Å²) in [5, 5.41) is -0.626. The zero-order valence-corrected chi connectivity index (χ0v) is 10.2. The molecule has 0 atom stereocenters. The minimum absolute atomic E-state index is 0.240. The van der Waals surface area contributed by atoms with Gasteiger partial charge in [-0.05, 0) is 23.7 Å². The van der Waals surface area contributed by atoms with Gasteiger partial charge in [0.25, 0.3) is 5.24 Å². The number of carbonyl (C=O) groups is 2. The standard InChI is InChI=1S/C11H12ClNO4/c1-13(2)11(15)17-9-6-4-3-5-8(9)16-7-10(12)14/h3-6H,7H2,1-2H3. The van der Waals surface area contributed by atoms with Crippen LogP contribution in [0.25, 0.3) is 0 Å². The molecule has 0 bridgehead atoms. The van der Waals surface area contributed by atoms with Gasteiger partial charge < -0.3 is 14.4 Å². The number of nitrogens with zero attached hydrogens (tertiary/aromatic N) is 1. The lowest BCUT2D eigenvalue weighted by atomic mass is 10.3. The molecule has 92 valence electrons. The molecule has 0 aliphatic heterocycles. The van der Waals surface area contributed by atoms with E-state index in [1.54, 1.807) is 38.4 Å². The average molecular weight is 258 g/mol. The maximum atomic E-state index is 11.4. The zero-order valence-electron chi connectivity index (χ0n) is 9.47. The maximum absolute atomic E-state index is 11.4. The molecule has 6 heteroatoms. The molecule has 1 aromatic rings. The summed E-state index contributed by atoms with van der Waals surface area (Å²) in [6.07, 6.45) is -0.529. The second-order valence-electron chi connectivity index (χ2n) is 3.35. The van der Waals surface area contributed by atoms with Crippen molar-refractivity contribution >= 4 is 22.9 Å². The van der Waals surface area contributed by atoms with Crippen molar-refractivity contribution in [3.8, 4) is 11.5 Å². The Morgan fingerprint density at radius 2 is 1.82 bits per heavy atom. The molecule has 1 rings (SSSR count). The monoisotopic (exact) mass is 257 g/mol. The third-order valence-corrected chi connectivity index (χ3v) is 1.86. The van der Waals surface area contributed by atoms with Crippen molar-refractivity contribution < 1.29 is 19.1 Å². The lowest BCUT2D eigenvalue weighted by molar-refractivity contribution is -0.113. The Morgan fingerprint density at radius 1 is 1.24 bits per heavy atom. The highest BCUT2D eigenvalue weighted by Gasteiger charge is 2.11. The molecule has 0 radical (unpaired) electrons. The smallest absolute Gasteiger partial charge is 0.414 e. The molecule has 0 aromatic heterocycles. The first-order chi connectivity index (χ1) is 8.00. The van der Waals surface area contributed by atoms with E-state index in [0.29, 0.717) is 0 Å². The molecular weight excluding hydrogens is 246 g/mol. The first-order valence-electron chi connectivity index (χ1n) is 4.80. The van der Waals surface area contributed by atoms with Crippen LogP contribution in [0.3, 0.4) is 0 Å². The number of ether oxygens (including phenoxy) is 2. The molecule has 17 heavy (non-hydrogen) atoms. The molecule has 5 nitrogen and oxygen atoms in total. The molecule has 0 unspecified atom stereocenters. The number of hydrogen-bond donors (Lipinski definition) is 0. The van der Waals surface area contributed by atoms with Crippen LogP contribution >= 0.6 is 11.6 Å². The summed E-state index contributed by atoms with van der Waals surface area (Å²) in [4.78, 5) is 23.2. The van der Waals surface area contributed by atoms with E-state index in [4.69, 9.17) is 21.1 Å². The Hall–Kier alpha value is -1.75. The van der Waals surface area contributed by atoms with Crippen LogP contribution in [0.1, 0.15) is 0 Å². The predicted molar refractivity (Wildman–Crippen MR) is 62.5 cm³/mol. The van der Waals surface area contributed by atoms with E-state index in [1.165, 1.54) is 4.90 Å². The van der Waals surface area contributed by atoms with Crippen LogP contribution < -0.4 is 9.47 Å². The third-order valence-electron chi connectivity index (χ3n) is 1.75. The van der Waals surface area contributed by atoms with Gasteiger partial charge in [-0.3, -0.25) is 4.79 Å². The van der Waals surface area contributed by atoms with Gasteiger partial charge in [0, 0.05) is 14.1 Å². The van der Waals surface area contributed by atoms with Crippen LogP contribution in [0.15, 0.2) is 24.3 Å². The summed E-state index contributed by atoms with van der Waals surface area (Å²) in [6, 6.07) is 6.53. The van der Waals surface area contributed by atoms with Crippen LogP contribution in [-0.2, 0) is 4.79 Å². The number of halogens is 1. The van der Waals surface area contributed by atoms with Gasteiger partial charge in [0.15, 0.2) is 18.1 Å². The van der Waals surface area contributed by atoms with E-state index in [1.807, 2.05) is 0 Å². The number of hydrogen-bond acceptors (Lipinski definition) is 4. The van der Waals surface area contributed by atoms with Crippen LogP contribution in [0, 0.1) is 0 Å². The lowest BCUT2D eigenvalue weighted by Crippen LogP contribution is -2.25. The molecule has 0 fully saturated rings. The molecule has 0 N–H and O–H groups in total. The van der Waals surface area contributed by atoms with E-state index in [9.17, 15) is 9.59 Å². The molecule has 0 aliphatic carbocycles. The summed E-state index contributed by atoms with van der Waals surface area (Å²) in [5.41, 5.74) is 0. The second kappa shape index (κ2) is 6.10. The Morgan fingerprint density at radius 3 is 2.35 bits per heavy atom. The molecule has 0 aliphatic rings. The Balaban J connectivity index is 2.77. The second-order valence-corrected chi connectivity index (χ2v) is 3.77. The predicted octanol–water partition coefficient (Wildman–Crippen LogP) is 1.89. The number of rotatable bonds is 4. The number of carbonyl (C=O) groups excluding carboxylic acids is 2. The number of para-hydroxylation sites is 2. The van der Waals surface area contributed by atoms with Gasteiger partial charge in [0.1, 0.15) is 0 Å². The van der Waals surface area contributed by atoms with Gasteiger partial charge >= 0.3 is 6.09 Å². The highest BCUT2D eigenvalue weighted by atomic mass is 35.5. The summed E-state index contributed by atoms with van der Waals surface area (Å²) >= 11 is 5.16. The topological polar surface area (TPSA) is 55.8 Å². The zero-order chi connectivity index (χ0) is 12.8. The highest BCUT2D eigenvalue weighted by molar-refractivity contribution is 6.63. The third kappa shape index (κ3) is 4.32. The summed E-state index contributed by atoms with van der Waals surface area (Å²) in [7, 11) is 3.13. The SMILES string of the molecule is CN(C)C(=O)Oc1ccccc1OCC(=O)Cl. The minimum atomic E-state index is -0.626. The summed E-state index contributed by atoms with van der Waals surface area (Å²) in [6.45, 7) is -0.280. The van der Waals surface area contributed by atoms with Gasteiger partial charge in [-0.1, -0.05) is 12.1 Å². The fraction of sp³-hybridized carbons (Fsp3) is 0.273. The molecular formula is C11H12ClNO4. The van der Waals surface area contributed by atoms with Crippen molar-refractivity contribution in [3.63, 3.8) is 0 Å². The largest absolute Gasteiger partial charge is 0.481 e. The quantitative estimate of drug-likeness (QED) is 0.773. The van der Waals surface area contributed by atoms with Crippen molar-refractivity contribution in [1.82, 2.24) is 4.90 Å². The average Bonchev–Trinajstić information content (AvgIpc) is 2.27. The van der Waals surface area contributed by atoms with Gasteiger partial charge in [-0.2, -0.15) is 0 Å². The van der Waals surface area contributed by atoms with Crippen molar-refractivity contribution in [2.24, 2.45) is 0 Å². The van der Waals surface area contributed by atoms with Gasteiger partial charge in [0.2, 0.25) is 0 Å². The van der Waals surface area contributed by atoms with Crippen LogP contribution in [-0.4, -0.2) is 36.9 Å². The maximum Gasteiger partial charge on any atom is 0.414 e. The van der Waals surface area contributed by atoms with Crippen LogP contribution in [0.4, 0.5) is 4.79 Å². The Labute approximate surface area is 104 Å². The fourth-order valence-electron chi connectivity index (χ4n) is 0.974. The van der Waals surface area contributed by atoms with Crippen molar-refractivity contribution in [2.45, 2.75) is 0 Å². The molecule has 0 spiro atoms. The molecule has 1 aromatic carbocycles. The number of amides is 1. The van der Waals surface area contributed by atoms with E-state index < -0.39 is 11.3 Å². The molecule has 0 saturated carbocycles. The summed E-state index contributed by atoms with van der Waals surface area (Å²) < 4.78 is 10.1. The number of benzene rings is 1. The normalized spacial score (nSPS) is 9.59. The van der Waals surface area contributed by atoms with E-state index in [0.717, 1.165) is 0 Å². The van der Waals surface area contributed by atoms with Crippen molar-refractivity contribution in [1.29, 1.82) is 0 Å². The van der Waals surface area contributed by atoms with E-state index in [-0.39, 0.29) is 18.1 Å².